The lowest BCUT2D eigenvalue weighted by Gasteiger charge is -2.25. The van der Waals surface area contributed by atoms with Gasteiger partial charge in [-0.05, 0) is 51.3 Å². The summed E-state index contributed by atoms with van der Waals surface area (Å²) in [5, 5.41) is 7.36. The number of hydrogen-bond donors (Lipinski definition) is 1. The van der Waals surface area contributed by atoms with Crippen molar-refractivity contribution in [3.8, 4) is 0 Å². The minimum Gasteiger partial charge on any atom is -0.331 e. The number of fused-ring (bicyclic) bond motifs is 1. The van der Waals surface area contributed by atoms with Crippen LogP contribution in [0.4, 0.5) is 0 Å². The van der Waals surface area contributed by atoms with Gasteiger partial charge in [-0.15, -0.1) is 0 Å². The van der Waals surface area contributed by atoms with E-state index in [-0.39, 0.29) is 11.9 Å². The summed E-state index contributed by atoms with van der Waals surface area (Å²) in [7, 11) is 0. The Labute approximate surface area is 141 Å². The van der Waals surface area contributed by atoms with Crippen LogP contribution in [-0.2, 0) is 0 Å². The lowest BCUT2D eigenvalue weighted by Crippen LogP contribution is -2.30. The van der Waals surface area contributed by atoms with Crippen LogP contribution < -0.4 is 0 Å². The van der Waals surface area contributed by atoms with Crippen molar-refractivity contribution in [1.29, 1.82) is 0 Å². The summed E-state index contributed by atoms with van der Waals surface area (Å²) in [4.78, 5) is 15.1. The molecular formula is C19H22N4O. The fourth-order valence-electron chi connectivity index (χ4n) is 3.93. The monoisotopic (exact) mass is 322 g/mol. The number of hydrogen-bond acceptors (Lipinski definition) is 2. The first-order chi connectivity index (χ1) is 11.6. The summed E-state index contributed by atoms with van der Waals surface area (Å²) in [6.07, 6.45) is 5.96. The molecule has 5 nitrogen and oxygen atoms in total. The van der Waals surface area contributed by atoms with E-state index in [1.54, 1.807) is 0 Å². The molecule has 0 aromatic carbocycles. The van der Waals surface area contributed by atoms with E-state index in [0.717, 1.165) is 41.9 Å². The lowest BCUT2D eigenvalue weighted by atomic mass is 10.0. The summed E-state index contributed by atoms with van der Waals surface area (Å²) in [5.74, 6) is 0.112. The van der Waals surface area contributed by atoms with Crippen LogP contribution >= 0.6 is 0 Å². The maximum Gasteiger partial charge on any atom is 0.255 e. The zero-order valence-corrected chi connectivity index (χ0v) is 14.3. The van der Waals surface area contributed by atoms with Crippen molar-refractivity contribution in [2.45, 2.75) is 39.7 Å². The van der Waals surface area contributed by atoms with Crippen LogP contribution in [0.2, 0.25) is 0 Å². The van der Waals surface area contributed by atoms with Crippen molar-refractivity contribution in [2.75, 3.05) is 6.54 Å². The van der Waals surface area contributed by atoms with E-state index in [2.05, 4.69) is 23.2 Å². The second-order valence-electron chi connectivity index (χ2n) is 6.72. The molecule has 1 fully saturated rings. The third-order valence-corrected chi connectivity index (χ3v) is 5.12. The van der Waals surface area contributed by atoms with Gasteiger partial charge in [0.1, 0.15) is 0 Å². The molecule has 1 amide bonds. The SMILES string of the molecule is Cc1n[nH]c(C)c1C1CCCN1C(=O)c1cc2c(C)cccn2c1. The fourth-order valence-corrected chi connectivity index (χ4v) is 3.93. The number of aromatic nitrogens is 3. The van der Waals surface area contributed by atoms with Crippen LogP contribution in [0.1, 0.15) is 51.8 Å². The van der Waals surface area contributed by atoms with Crippen molar-refractivity contribution in [2.24, 2.45) is 0 Å². The molecule has 0 bridgehead atoms. The molecule has 1 saturated heterocycles. The molecule has 1 aliphatic rings. The van der Waals surface area contributed by atoms with Gasteiger partial charge in [-0.2, -0.15) is 5.10 Å². The molecule has 4 heterocycles. The maximum atomic E-state index is 13.1. The van der Waals surface area contributed by atoms with Gasteiger partial charge in [0.05, 0.1) is 17.3 Å². The normalized spacial score (nSPS) is 17.8. The first-order valence-corrected chi connectivity index (χ1v) is 8.46. The van der Waals surface area contributed by atoms with Gasteiger partial charge in [-0.3, -0.25) is 9.89 Å². The third kappa shape index (κ3) is 2.23. The minimum atomic E-state index is 0.112. The number of nitrogens with one attached hydrogen (secondary N) is 1. The number of pyridine rings is 1. The molecule has 1 atom stereocenters. The molecule has 0 aliphatic carbocycles. The molecule has 5 heteroatoms. The van der Waals surface area contributed by atoms with E-state index < -0.39 is 0 Å². The number of aromatic amines is 1. The zero-order valence-electron chi connectivity index (χ0n) is 14.3. The highest BCUT2D eigenvalue weighted by atomic mass is 16.2. The molecule has 1 N–H and O–H groups in total. The van der Waals surface area contributed by atoms with Crippen molar-refractivity contribution in [1.82, 2.24) is 19.5 Å². The van der Waals surface area contributed by atoms with Gasteiger partial charge in [0, 0.05) is 35.7 Å². The Bertz CT molecular complexity index is 901. The Kier molecular flexibility index (Phi) is 3.44. The number of rotatable bonds is 2. The van der Waals surface area contributed by atoms with Gasteiger partial charge >= 0.3 is 0 Å². The molecule has 124 valence electrons. The predicted octanol–water partition coefficient (Wildman–Crippen LogP) is 3.56. The quantitative estimate of drug-likeness (QED) is 0.784. The van der Waals surface area contributed by atoms with Crippen molar-refractivity contribution in [3.63, 3.8) is 0 Å². The smallest absolute Gasteiger partial charge is 0.255 e. The molecule has 1 aliphatic heterocycles. The molecule has 3 aromatic rings. The van der Waals surface area contributed by atoms with Crippen LogP contribution in [-0.4, -0.2) is 31.9 Å². The van der Waals surface area contributed by atoms with Crippen LogP contribution in [0.3, 0.4) is 0 Å². The van der Waals surface area contributed by atoms with Crippen LogP contribution in [0.15, 0.2) is 30.6 Å². The molecular weight excluding hydrogens is 300 g/mol. The Morgan fingerprint density at radius 1 is 1.33 bits per heavy atom. The Balaban J connectivity index is 1.71. The number of amides is 1. The Morgan fingerprint density at radius 3 is 2.88 bits per heavy atom. The van der Waals surface area contributed by atoms with Gasteiger partial charge in [0.15, 0.2) is 0 Å². The van der Waals surface area contributed by atoms with E-state index in [1.807, 2.05) is 47.7 Å². The second-order valence-corrected chi connectivity index (χ2v) is 6.72. The summed E-state index contributed by atoms with van der Waals surface area (Å²) in [6.45, 7) is 6.92. The first-order valence-electron chi connectivity index (χ1n) is 8.46. The number of H-pyrrole nitrogens is 1. The van der Waals surface area contributed by atoms with Gasteiger partial charge in [-0.25, -0.2) is 0 Å². The molecule has 3 aromatic heterocycles. The molecule has 1 unspecified atom stereocenters. The fraction of sp³-hybridized carbons (Fsp3) is 0.368. The van der Waals surface area contributed by atoms with Gasteiger partial charge in [-0.1, -0.05) is 6.07 Å². The van der Waals surface area contributed by atoms with Crippen LogP contribution in [0, 0.1) is 20.8 Å². The first kappa shape index (κ1) is 15.0. The van der Waals surface area contributed by atoms with Gasteiger partial charge in [0.25, 0.3) is 5.91 Å². The van der Waals surface area contributed by atoms with E-state index in [9.17, 15) is 4.79 Å². The summed E-state index contributed by atoms with van der Waals surface area (Å²) in [6, 6.07) is 6.20. The third-order valence-electron chi connectivity index (χ3n) is 5.12. The van der Waals surface area contributed by atoms with Crippen LogP contribution in [0.25, 0.3) is 5.52 Å². The number of aryl methyl sites for hydroxylation is 3. The molecule has 0 spiro atoms. The highest BCUT2D eigenvalue weighted by Gasteiger charge is 2.33. The lowest BCUT2D eigenvalue weighted by molar-refractivity contribution is 0.0735. The van der Waals surface area contributed by atoms with Gasteiger partial charge in [0.2, 0.25) is 0 Å². The minimum absolute atomic E-state index is 0.112. The standard InChI is InChI=1S/C19H22N4O/c1-12-6-4-8-22-11-15(10-17(12)22)19(24)23-9-5-7-16(23)18-13(2)20-21-14(18)3/h4,6,8,10-11,16H,5,7,9H2,1-3H3,(H,20,21). The highest BCUT2D eigenvalue weighted by molar-refractivity contribution is 5.96. The number of likely N-dealkylation sites (tertiary alicyclic amines) is 1. The molecule has 0 saturated carbocycles. The highest BCUT2D eigenvalue weighted by Crippen LogP contribution is 2.36. The van der Waals surface area contributed by atoms with E-state index in [4.69, 9.17) is 0 Å². The number of carbonyl (C=O) groups excluding carboxylic acids is 1. The zero-order chi connectivity index (χ0) is 16.8. The largest absolute Gasteiger partial charge is 0.331 e. The predicted molar refractivity (Wildman–Crippen MR) is 93.2 cm³/mol. The average molecular weight is 322 g/mol. The number of carbonyl (C=O) groups is 1. The van der Waals surface area contributed by atoms with Crippen molar-refractivity contribution >= 4 is 11.4 Å². The molecule has 4 rings (SSSR count). The van der Waals surface area contributed by atoms with E-state index in [0.29, 0.717) is 0 Å². The van der Waals surface area contributed by atoms with Crippen molar-refractivity contribution < 1.29 is 4.79 Å². The summed E-state index contributed by atoms with van der Waals surface area (Å²) < 4.78 is 2.03. The van der Waals surface area contributed by atoms with E-state index in [1.165, 1.54) is 11.1 Å². The Morgan fingerprint density at radius 2 is 2.17 bits per heavy atom. The molecule has 0 radical (unpaired) electrons. The second kappa shape index (κ2) is 5.51. The summed E-state index contributed by atoms with van der Waals surface area (Å²) >= 11 is 0. The maximum absolute atomic E-state index is 13.1. The van der Waals surface area contributed by atoms with Gasteiger partial charge < -0.3 is 9.30 Å². The van der Waals surface area contributed by atoms with Crippen molar-refractivity contribution in [3.05, 3.63) is 58.7 Å². The van der Waals surface area contributed by atoms with Crippen LogP contribution in [0.5, 0.6) is 0 Å². The average Bonchev–Trinajstić information content (AvgIpc) is 3.26. The Hall–Kier alpha value is -2.56. The molecule has 24 heavy (non-hydrogen) atoms. The summed E-state index contributed by atoms with van der Waals surface area (Å²) in [5.41, 5.74) is 6.27. The topological polar surface area (TPSA) is 53.4 Å². The number of nitrogens with zero attached hydrogens (tertiary/aromatic N) is 3. The van der Waals surface area contributed by atoms with E-state index >= 15 is 0 Å².